The Morgan fingerprint density at radius 1 is 1.14 bits per heavy atom. The zero-order valence-corrected chi connectivity index (χ0v) is 15.7. The van der Waals surface area contributed by atoms with Gasteiger partial charge in [0.25, 0.3) is 0 Å². The molecule has 3 N–H and O–H groups in total. The zero-order valence-electron chi connectivity index (χ0n) is 15.7. The van der Waals surface area contributed by atoms with Crippen LogP contribution < -0.4 is 10.5 Å². The molecule has 7 nitrogen and oxygen atoms in total. The molecule has 28 heavy (non-hydrogen) atoms. The number of benzene rings is 1. The molecule has 2 heterocycles. The van der Waals surface area contributed by atoms with Crippen molar-refractivity contribution in [1.29, 1.82) is 0 Å². The number of nitrogens with zero attached hydrogens (tertiary/aromatic N) is 4. The first-order valence-corrected chi connectivity index (χ1v) is 9.67. The molecule has 0 radical (unpaired) electrons. The monoisotopic (exact) mass is 379 g/mol. The fourth-order valence-corrected chi connectivity index (χ4v) is 3.65. The van der Waals surface area contributed by atoms with Crippen LogP contribution in [-0.4, -0.2) is 37.5 Å². The van der Waals surface area contributed by atoms with E-state index in [9.17, 15) is 5.11 Å². The number of aromatic nitrogens is 4. The summed E-state index contributed by atoms with van der Waals surface area (Å²) < 4.78 is 7.83. The fourth-order valence-electron chi connectivity index (χ4n) is 3.65. The second-order valence-electron chi connectivity index (χ2n) is 7.29. The van der Waals surface area contributed by atoms with Gasteiger partial charge in [0.2, 0.25) is 0 Å². The van der Waals surface area contributed by atoms with Gasteiger partial charge in [0.1, 0.15) is 12.0 Å². The van der Waals surface area contributed by atoms with E-state index in [0.717, 1.165) is 48.2 Å². The molecule has 0 saturated heterocycles. The third-order valence-electron chi connectivity index (χ3n) is 5.31. The topological polar surface area (TPSA) is 99.1 Å². The second-order valence-corrected chi connectivity index (χ2v) is 7.29. The highest BCUT2D eigenvalue weighted by Crippen LogP contribution is 2.29. The Kier molecular flexibility index (Phi) is 5.64. The lowest BCUT2D eigenvalue weighted by Crippen LogP contribution is -2.28. The predicted molar refractivity (Wildman–Crippen MR) is 106 cm³/mol. The molecule has 146 valence electrons. The van der Waals surface area contributed by atoms with Crippen LogP contribution in [0.15, 0.2) is 49.2 Å². The summed E-state index contributed by atoms with van der Waals surface area (Å²) >= 11 is 0. The van der Waals surface area contributed by atoms with E-state index in [4.69, 9.17) is 10.5 Å². The first-order chi connectivity index (χ1) is 13.7. The molecule has 1 aliphatic rings. The molecule has 0 spiro atoms. The van der Waals surface area contributed by atoms with Gasteiger partial charge in [0.05, 0.1) is 31.3 Å². The van der Waals surface area contributed by atoms with Gasteiger partial charge in [-0.05, 0) is 37.7 Å². The largest absolute Gasteiger partial charge is 0.489 e. The van der Waals surface area contributed by atoms with Gasteiger partial charge in [0.15, 0.2) is 5.75 Å². The highest BCUT2D eigenvalue weighted by Gasteiger charge is 2.20. The average molecular weight is 379 g/mol. The maximum absolute atomic E-state index is 9.57. The number of rotatable bonds is 6. The number of para-hydroxylation sites is 1. The summed E-state index contributed by atoms with van der Waals surface area (Å²) in [5.74, 6) is 1.18. The first kappa shape index (κ1) is 18.6. The van der Waals surface area contributed by atoms with Crippen molar-refractivity contribution in [2.24, 2.45) is 11.7 Å². The van der Waals surface area contributed by atoms with Gasteiger partial charge in [-0.2, -0.15) is 5.10 Å². The Balaban J connectivity index is 1.53. The minimum Gasteiger partial charge on any atom is -0.489 e. The van der Waals surface area contributed by atoms with Crippen LogP contribution in [0, 0.1) is 5.92 Å². The molecule has 0 amide bonds. The summed E-state index contributed by atoms with van der Waals surface area (Å²) in [4.78, 5) is 8.54. The van der Waals surface area contributed by atoms with Crippen molar-refractivity contribution in [2.45, 2.75) is 38.3 Å². The second kappa shape index (κ2) is 8.50. The molecule has 4 rings (SSSR count). The highest BCUT2D eigenvalue weighted by atomic mass is 16.5. The third-order valence-corrected chi connectivity index (χ3v) is 5.31. The quantitative estimate of drug-likeness (QED) is 0.683. The van der Waals surface area contributed by atoms with E-state index in [2.05, 4.69) is 15.1 Å². The smallest absolute Gasteiger partial charge is 0.163 e. The van der Waals surface area contributed by atoms with E-state index >= 15 is 0 Å². The Labute approximate surface area is 164 Å². The van der Waals surface area contributed by atoms with Crippen LogP contribution in [-0.2, 0) is 6.61 Å². The number of aliphatic hydroxyl groups is 1. The van der Waals surface area contributed by atoms with Crippen LogP contribution in [0.25, 0.3) is 16.9 Å². The van der Waals surface area contributed by atoms with E-state index in [1.165, 1.54) is 6.33 Å². The Morgan fingerprint density at radius 2 is 1.96 bits per heavy atom. The number of aliphatic hydroxyl groups excluding tert-OH is 1. The van der Waals surface area contributed by atoms with Crippen LogP contribution >= 0.6 is 0 Å². The number of nitrogens with two attached hydrogens (primary N) is 1. The zero-order chi connectivity index (χ0) is 19.3. The van der Waals surface area contributed by atoms with Gasteiger partial charge in [-0.3, -0.25) is 0 Å². The van der Waals surface area contributed by atoms with Gasteiger partial charge in [-0.1, -0.05) is 18.2 Å². The summed E-state index contributed by atoms with van der Waals surface area (Å²) in [6.45, 7) is 0.604. The van der Waals surface area contributed by atoms with E-state index < -0.39 is 0 Å². The molecule has 0 aliphatic heterocycles. The van der Waals surface area contributed by atoms with E-state index in [1.54, 1.807) is 17.1 Å². The number of ether oxygens (including phenoxy) is 1. The summed E-state index contributed by atoms with van der Waals surface area (Å²) in [7, 11) is 0. The number of hydrogen-bond donors (Lipinski definition) is 2. The van der Waals surface area contributed by atoms with Gasteiger partial charge < -0.3 is 15.6 Å². The maximum atomic E-state index is 9.57. The van der Waals surface area contributed by atoms with E-state index in [1.807, 2.05) is 30.5 Å². The Morgan fingerprint density at radius 3 is 2.79 bits per heavy atom. The van der Waals surface area contributed by atoms with Crippen LogP contribution in [0.3, 0.4) is 0 Å². The van der Waals surface area contributed by atoms with Crippen molar-refractivity contribution in [3.05, 3.63) is 54.7 Å². The fraction of sp³-hybridized carbons (Fsp3) is 0.381. The predicted octanol–water partition coefficient (Wildman–Crippen LogP) is 2.72. The molecule has 3 aromatic rings. The SMILES string of the molecule is NC1CCC(COc2cncnc2-c2cnn(-c3ccccc3CO)c2)CC1. The molecule has 0 bridgehead atoms. The van der Waals surface area contributed by atoms with Crippen molar-refractivity contribution in [3.8, 4) is 22.7 Å². The molecule has 0 unspecified atom stereocenters. The van der Waals surface area contributed by atoms with Crippen LogP contribution in [0.2, 0.25) is 0 Å². The normalized spacial score (nSPS) is 19.5. The first-order valence-electron chi connectivity index (χ1n) is 9.67. The summed E-state index contributed by atoms with van der Waals surface area (Å²) in [6.07, 6.45) is 11.2. The van der Waals surface area contributed by atoms with Crippen molar-refractivity contribution in [1.82, 2.24) is 19.7 Å². The lowest BCUT2D eigenvalue weighted by Gasteiger charge is -2.26. The third kappa shape index (κ3) is 4.05. The molecule has 2 aromatic heterocycles. The maximum Gasteiger partial charge on any atom is 0.163 e. The minimum absolute atomic E-state index is 0.0434. The molecular formula is C21H25N5O2. The molecule has 1 aromatic carbocycles. The van der Waals surface area contributed by atoms with E-state index in [0.29, 0.717) is 24.3 Å². The number of hydrogen-bond acceptors (Lipinski definition) is 6. The van der Waals surface area contributed by atoms with Crippen LogP contribution in [0.5, 0.6) is 5.75 Å². The van der Waals surface area contributed by atoms with Crippen molar-refractivity contribution in [3.63, 3.8) is 0 Å². The summed E-state index contributed by atoms with van der Waals surface area (Å²) in [6, 6.07) is 7.96. The molecule has 1 saturated carbocycles. The lowest BCUT2D eigenvalue weighted by atomic mass is 9.87. The molecule has 1 aliphatic carbocycles. The Hall–Kier alpha value is -2.77. The Bertz CT molecular complexity index is 918. The molecular weight excluding hydrogens is 354 g/mol. The lowest BCUT2D eigenvalue weighted by molar-refractivity contribution is 0.200. The average Bonchev–Trinajstić information content (AvgIpc) is 3.23. The molecule has 1 fully saturated rings. The van der Waals surface area contributed by atoms with Crippen molar-refractivity contribution < 1.29 is 9.84 Å². The standard InChI is InChI=1S/C21H25N5O2/c22-18-7-5-15(6-8-18)13-28-20-10-23-14-24-21(20)17-9-25-26(11-17)19-4-2-1-3-16(19)12-27/h1-4,9-11,14-15,18,27H,5-8,12-13,22H2. The van der Waals surface area contributed by atoms with E-state index in [-0.39, 0.29) is 6.61 Å². The van der Waals surface area contributed by atoms with Crippen molar-refractivity contribution in [2.75, 3.05) is 6.61 Å². The molecule has 0 atom stereocenters. The highest BCUT2D eigenvalue weighted by molar-refractivity contribution is 5.64. The summed E-state index contributed by atoms with van der Waals surface area (Å²) in [5, 5.41) is 14.0. The summed E-state index contributed by atoms with van der Waals surface area (Å²) in [5.41, 5.74) is 9.20. The van der Waals surface area contributed by atoms with Crippen LogP contribution in [0.1, 0.15) is 31.2 Å². The molecule has 7 heteroatoms. The van der Waals surface area contributed by atoms with Gasteiger partial charge in [-0.25, -0.2) is 14.6 Å². The minimum atomic E-state index is -0.0434. The van der Waals surface area contributed by atoms with Gasteiger partial charge in [0, 0.05) is 23.4 Å². The van der Waals surface area contributed by atoms with Crippen molar-refractivity contribution >= 4 is 0 Å². The van der Waals surface area contributed by atoms with Gasteiger partial charge >= 0.3 is 0 Å². The van der Waals surface area contributed by atoms with Gasteiger partial charge in [-0.15, -0.1) is 0 Å². The van der Waals surface area contributed by atoms with Crippen LogP contribution in [0.4, 0.5) is 0 Å².